The molecule has 0 saturated carbocycles. The van der Waals surface area contributed by atoms with E-state index in [2.05, 4.69) is 19.2 Å². The smallest absolute Gasteiger partial charge is 0.317 e. The predicted molar refractivity (Wildman–Crippen MR) is 95.2 cm³/mol. The maximum atomic E-state index is 12.6. The molecule has 0 spiro atoms. The number of hydrogen-bond donors (Lipinski definition) is 2. The number of aliphatic hydroxyl groups excluding tert-OH is 1. The molecule has 2 amide bonds. The Morgan fingerprint density at radius 3 is 2.38 bits per heavy atom. The fraction of sp³-hybridized carbons (Fsp3) is 0.632. The van der Waals surface area contributed by atoms with Crippen LogP contribution in [0.4, 0.5) is 4.79 Å². The van der Waals surface area contributed by atoms with Crippen molar-refractivity contribution in [2.24, 2.45) is 5.41 Å². The van der Waals surface area contributed by atoms with Gasteiger partial charge < -0.3 is 20.1 Å². The SMILES string of the molecule is CCC(NC(=O)N1CCC(CC)(CO)CC1)c1ccc(OC)cc1. The van der Waals surface area contributed by atoms with Gasteiger partial charge in [0.2, 0.25) is 0 Å². The lowest BCUT2D eigenvalue weighted by Crippen LogP contribution is -2.48. The summed E-state index contributed by atoms with van der Waals surface area (Å²) in [6.07, 6.45) is 3.53. The van der Waals surface area contributed by atoms with Crippen molar-refractivity contribution in [3.05, 3.63) is 29.8 Å². The summed E-state index contributed by atoms with van der Waals surface area (Å²) < 4.78 is 5.18. The zero-order valence-electron chi connectivity index (χ0n) is 15.0. The zero-order valence-corrected chi connectivity index (χ0v) is 15.0. The number of carbonyl (C=O) groups is 1. The van der Waals surface area contributed by atoms with E-state index in [-0.39, 0.29) is 24.1 Å². The number of hydrogen-bond acceptors (Lipinski definition) is 3. The van der Waals surface area contributed by atoms with Crippen molar-refractivity contribution in [1.29, 1.82) is 0 Å². The molecule has 1 fully saturated rings. The van der Waals surface area contributed by atoms with Crippen LogP contribution in [0.2, 0.25) is 0 Å². The number of rotatable bonds is 6. The molecule has 1 aliphatic heterocycles. The maximum absolute atomic E-state index is 12.6. The van der Waals surface area contributed by atoms with Gasteiger partial charge in [0, 0.05) is 19.7 Å². The first kappa shape index (κ1) is 18.6. The molecule has 24 heavy (non-hydrogen) atoms. The van der Waals surface area contributed by atoms with Gasteiger partial charge in [-0.05, 0) is 48.8 Å². The van der Waals surface area contributed by atoms with Crippen LogP contribution in [0.3, 0.4) is 0 Å². The highest BCUT2D eigenvalue weighted by atomic mass is 16.5. The molecule has 1 aromatic carbocycles. The second-order valence-corrected chi connectivity index (χ2v) is 6.68. The standard InChI is InChI=1S/C19H30N2O3/c1-4-17(15-6-8-16(24-3)9-7-15)20-18(23)21-12-10-19(5-2,14-22)11-13-21/h6-9,17,22H,4-5,10-14H2,1-3H3,(H,20,23). The number of aliphatic hydroxyl groups is 1. The molecular weight excluding hydrogens is 304 g/mol. The van der Waals surface area contributed by atoms with Crippen LogP contribution in [-0.4, -0.2) is 42.8 Å². The number of likely N-dealkylation sites (tertiary alicyclic amines) is 1. The monoisotopic (exact) mass is 334 g/mol. The second-order valence-electron chi connectivity index (χ2n) is 6.68. The Hall–Kier alpha value is -1.75. The van der Waals surface area contributed by atoms with Crippen molar-refractivity contribution in [2.75, 3.05) is 26.8 Å². The normalized spacial score (nSPS) is 18.1. The van der Waals surface area contributed by atoms with E-state index >= 15 is 0 Å². The van der Waals surface area contributed by atoms with Crippen LogP contribution < -0.4 is 10.1 Å². The molecule has 1 saturated heterocycles. The number of urea groups is 1. The molecule has 0 aliphatic carbocycles. The second kappa shape index (κ2) is 8.38. The van der Waals surface area contributed by atoms with Gasteiger partial charge in [-0.15, -0.1) is 0 Å². The summed E-state index contributed by atoms with van der Waals surface area (Å²) in [5.74, 6) is 0.816. The molecule has 1 atom stereocenters. The van der Waals surface area contributed by atoms with E-state index < -0.39 is 0 Å². The number of nitrogens with one attached hydrogen (secondary N) is 1. The van der Waals surface area contributed by atoms with Crippen molar-refractivity contribution in [3.63, 3.8) is 0 Å². The van der Waals surface area contributed by atoms with Crippen molar-refractivity contribution in [3.8, 4) is 5.75 Å². The number of nitrogens with zero attached hydrogens (tertiary/aromatic N) is 1. The van der Waals surface area contributed by atoms with Crippen molar-refractivity contribution in [1.82, 2.24) is 10.2 Å². The molecule has 2 rings (SSSR count). The molecule has 2 N–H and O–H groups in total. The zero-order chi connectivity index (χ0) is 17.6. The van der Waals surface area contributed by atoms with Crippen LogP contribution in [0.25, 0.3) is 0 Å². The number of piperidine rings is 1. The molecule has 134 valence electrons. The summed E-state index contributed by atoms with van der Waals surface area (Å²) in [4.78, 5) is 14.4. The van der Waals surface area contributed by atoms with E-state index in [4.69, 9.17) is 4.74 Å². The molecular formula is C19H30N2O3. The van der Waals surface area contributed by atoms with Crippen molar-refractivity contribution < 1.29 is 14.6 Å². The van der Waals surface area contributed by atoms with Crippen LogP contribution in [0, 0.1) is 5.41 Å². The molecule has 1 aromatic rings. The highest BCUT2D eigenvalue weighted by molar-refractivity contribution is 5.74. The molecule has 5 nitrogen and oxygen atoms in total. The summed E-state index contributed by atoms with van der Waals surface area (Å²) >= 11 is 0. The highest BCUT2D eigenvalue weighted by Crippen LogP contribution is 2.34. The van der Waals surface area contributed by atoms with Crippen LogP contribution in [0.5, 0.6) is 5.75 Å². The Labute approximate surface area is 145 Å². The highest BCUT2D eigenvalue weighted by Gasteiger charge is 2.34. The van der Waals surface area contributed by atoms with Crippen molar-refractivity contribution in [2.45, 2.75) is 45.6 Å². The average molecular weight is 334 g/mol. The van der Waals surface area contributed by atoms with E-state index in [0.717, 1.165) is 37.0 Å². The Morgan fingerprint density at radius 2 is 1.92 bits per heavy atom. The first-order valence-electron chi connectivity index (χ1n) is 8.87. The number of ether oxygens (including phenoxy) is 1. The van der Waals surface area contributed by atoms with Gasteiger partial charge in [-0.2, -0.15) is 0 Å². The van der Waals surface area contributed by atoms with E-state index in [1.165, 1.54) is 0 Å². The first-order valence-corrected chi connectivity index (χ1v) is 8.87. The molecule has 0 aromatic heterocycles. The third kappa shape index (κ3) is 4.20. The topological polar surface area (TPSA) is 61.8 Å². The quantitative estimate of drug-likeness (QED) is 0.839. The van der Waals surface area contributed by atoms with Gasteiger partial charge in [-0.1, -0.05) is 26.0 Å². The number of amides is 2. The fourth-order valence-electron chi connectivity index (χ4n) is 3.31. The van der Waals surface area contributed by atoms with Gasteiger partial charge in [0.1, 0.15) is 5.75 Å². The Kier molecular flexibility index (Phi) is 6.49. The van der Waals surface area contributed by atoms with E-state index in [9.17, 15) is 9.90 Å². The number of methoxy groups -OCH3 is 1. The van der Waals surface area contributed by atoms with Crippen LogP contribution in [0.15, 0.2) is 24.3 Å². The van der Waals surface area contributed by atoms with Crippen LogP contribution in [-0.2, 0) is 0 Å². The Balaban J connectivity index is 1.95. The molecule has 5 heteroatoms. The summed E-state index contributed by atoms with van der Waals surface area (Å²) in [6, 6.07) is 7.82. The van der Waals surface area contributed by atoms with Gasteiger partial charge in [-0.3, -0.25) is 0 Å². The number of benzene rings is 1. The predicted octanol–water partition coefficient (Wildman–Crippen LogP) is 3.34. The molecule has 1 heterocycles. The van der Waals surface area contributed by atoms with Crippen LogP contribution >= 0.6 is 0 Å². The number of carbonyl (C=O) groups excluding carboxylic acids is 1. The Morgan fingerprint density at radius 1 is 1.29 bits per heavy atom. The first-order chi connectivity index (χ1) is 11.6. The van der Waals surface area contributed by atoms with Crippen molar-refractivity contribution >= 4 is 6.03 Å². The summed E-state index contributed by atoms with van der Waals surface area (Å²) in [7, 11) is 1.65. The molecule has 0 radical (unpaired) electrons. The summed E-state index contributed by atoms with van der Waals surface area (Å²) in [5, 5.41) is 12.7. The molecule has 1 unspecified atom stereocenters. The average Bonchev–Trinajstić information content (AvgIpc) is 2.66. The summed E-state index contributed by atoms with van der Waals surface area (Å²) in [5.41, 5.74) is 1.08. The van der Waals surface area contributed by atoms with E-state index in [1.807, 2.05) is 29.2 Å². The fourth-order valence-corrected chi connectivity index (χ4v) is 3.31. The minimum Gasteiger partial charge on any atom is -0.497 e. The van der Waals surface area contributed by atoms with E-state index in [1.54, 1.807) is 7.11 Å². The lowest BCUT2D eigenvalue weighted by Gasteiger charge is -2.40. The Bertz CT molecular complexity index is 516. The third-order valence-corrected chi connectivity index (χ3v) is 5.42. The third-order valence-electron chi connectivity index (χ3n) is 5.42. The summed E-state index contributed by atoms with van der Waals surface area (Å²) in [6.45, 7) is 5.81. The van der Waals surface area contributed by atoms with Crippen LogP contribution in [0.1, 0.15) is 51.1 Å². The van der Waals surface area contributed by atoms with Gasteiger partial charge >= 0.3 is 6.03 Å². The molecule has 1 aliphatic rings. The largest absolute Gasteiger partial charge is 0.497 e. The lowest BCUT2D eigenvalue weighted by molar-refractivity contribution is 0.0514. The molecule has 0 bridgehead atoms. The minimum absolute atomic E-state index is 0.000827. The van der Waals surface area contributed by atoms with Gasteiger partial charge in [0.15, 0.2) is 0 Å². The minimum atomic E-state index is -0.0136. The van der Waals surface area contributed by atoms with E-state index in [0.29, 0.717) is 13.1 Å². The van der Waals surface area contributed by atoms with Gasteiger partial charge in [0.25, 0.3) is 0 Å². The maximum Gasteiger partial charge on any atom is 0.317 e. The van der Waals surface area contributed by atoms with Gasteiger partial charge in [0.05, 0.1) is 13.2 Å². The lowest BCUT2D eigenvalue weighted by atomic mass is 9.77. The van der Waals surface area contributed by atoms with Gasteiger partial charge in [-0.25, -0.2) is 4.79 Å².